The van der Waals surface area contributed by atoms with Crippen molar-refractivity contribution in [3.8, 4) is 0 Å². The highest BCUT2D eigenvalue weighted by molar-refractivity contribution is 5.66. The summed E-state index contributed by atoms with van der Waals surface area (Å²) in [6, 6.07) is 0. The fourth-order valence-electron chi connectivity index (χ4n) is 8.27. The third-order valence-corrected chi connectivity index (χ3v) is 8.52. The minimum Gasteiger partial charge on any atom is -0.468 e. The summed E-state index contributed by atoms with van der Waals surface area (Å²) in [5, 5.41) is 0. The molecular formula is C27H44O6. The Morgan fingerprint density at radius 1 is 0.697 bits per heavy atom. The topological polar surface area (TPSA) is 78.9 Å². The molecule has 2 atom stereocenters. The van der Waals surface area contributed by atoms with Gasteiger partial charge in [0.05, 0.1) is 19.8 Å². The van der Waals surface area contributed by atoms with Crippen molar-refractivity contribution in [3.05, 3.63) is 0 Å². The van der Waals surface area contributed by atoms with Crippen molar-refractivity contribution in [1.82, 2.24) is 0 Å². The van der Waals surface area contributed by atoms with E-state index in [4.69, 9.17) is 14.2 Å². The molecule has 6 heteroatoms. The second-order valence-electron chi connectivity index (χ2n) is 11.5. The number of carbonyl (C=O) groups excluding carboxylic acids is 3. The van der Waals surface area contributed by atoms with E-state index >= 15 is 0 Å². The molecule has 0 heterocycles. The molecule has 33 heavy (non-hydrogen) atoms. The number of hydrogen-bond acceptors (Lipinski definition) is 6. The van der Waals surface area contributed by atoms with Gasteiger partial charge in [-0.3, -0.25) is 14.4 Å². The van der Waals surface area contributed by atoms with Crippen LogP contribution in [0.2, 0.25) is 0 Å². The summed E-state index contributed by atoms with van der Waals surface area (Å²) in [4.78, 5) is 32.6. The van der Waals surface area contributed by atoms with Crippen LogP contribution in [0.25, 0.3) is 0 Å². The predicted octanol–water partition coefficient (Wildman–Crippen LogP) is 5.75. The van der Waals surface area contributed by atoms with Gasteiger partial charge in [-0.1, -0.05) is 0 Å². The smallest absolute Gasteiger partial charge is 0.302 e. The molecule has 4 aliphatic rings. The molecule has 0 aromatic carbocycles. The van der Waals surface area contributed by atoms with E-state index in [1.54, 1.807) is 0 Å². The quantitative estimate of drug-likeness (QED) is 0.125. The summed E-state index contributed by atoms with van der Waals surface area (Å²) in [5.41, 5.74) is 1.31. The Bertz CT molecular complexity index is 634. The molecule has 0 N–H and O–H groups in total. The van der Waals surface area contributed by atoms with Crippen LogP contribution >= 0.6 is 0 Å². The van der Waals surface area contributed by atoms with E-state index in [-0.39, 0.29) is 11.9 Å². The minimum absolute atomic E-state index is 0.185. The maximum absolute atomic E-state index is 11.1. The normalized spacial score (nSPS) is 31.9. The standard InChI is InChI=1S/C27H44O6/c1-22(29)32-13-7-4-10-26-16-24-15-25(18-26,9-3-6-12-31-21-28)19-27(17-24,20-26)11-5-8-14-33-23(2)30/h21,24H,3-20H2,1-2H3. The summed E-state index contributed by atoms with van der Waals surface area (Å²) in [6.45, 7) is 5.13. The van der Waals surface area contributed by atoms with Crippen LogP contribution in [0.5, 0.6) is 0 Å². The molecule has 0 aliphatic heterocycles. The number of esters is 2. The van der Waals surface area contributed by atoms with Crippen molar-refractivity contribution in [3.63, 3.8) is 0 Å². The highest BCUT2D eigenvalue weighted by atomic mass is 16.5. The third-order valence-electron chi connectivity index (χ3n) is 8.52. The van der Waals surface area contributed by atoms with E-state index < -0.39 is 0 Å². The Morgan fingerprint density at radius 2 is 1.09 bits per heavy atom. The molecule has 0 radical (unpaired) electrons. The third kappa shape index (κ3) is 7.45. The number of rotatable bonds is 16. The molecule has 0 aromatic heterocycles. The highest BCUT2D eigenvalue weighted by Crippen LogP contribution is 2.73. The number of carbonyl (C=O) groups is 3. The van der Waals surface area contributed by atoms with Crippen LogP contribution in [0, 0.1) is 22.2 Å². The Morgan fingerprint density at radius 3 is 1.45 bits per heavy atom. The molecule has 2 unspecified atom stereocenters. The van der Waals surface area contributed by atoms with Crippen LogP contribution < -0.4 is 0 Å². The van der Waals surface area contributed by atoms with Gasteiger partial charge in [-0.15, -0.1) is 0 Å². The summed E-state index contributed by atoms with van der Waals surface area (Å²) < 4.78 is 15.3. The number of ether oxygens (including phenoxy) is 3. The average molecular weight is 465 g/mol. The SMILES string of the molecule is CC(=O)OCCCCC12CC3CC(CCCCOC=O)(C1)CC(CCCCOC(C)=O)(C3)C2. The Hall–Kier alpha value is -1.59. The maximum Gasteiger partial charge on any atom is 0.302 e. The van der Waals surface area contributed by atoms with Crippen LogP contribution in [0.4, 0.5) is 0 Å². The van der Waals surface area contributed by atoms with E-state index in [2.05, 4.69) is 0 Å². The first-order valence-electron chi connectivity index (χ1n) is 13.1. The Balaban J connectivity index is 1.62. The van der Waals surface area contributed by atoms with Crippen LogP contribution in [-0.2, 0) is 28.6 Å². The van der Waals surface area contributed by atoms with E-state index in [0.29, 0.717) is 42.5 Å². The Labute approximate surface area is 199 Å². The van der Waals surface area contributed by atoms with Crippen LogP contribution in [0.15, 0.2) is 0 Å². The van der Waals surface area contributed by atoms with Crippen molar-refractivity contribution >= 4 is 18.4 Å². The fourth-order valence-corrected chi connectivity index (χ4v) is 8.27. The average Bonchev–Trinajstić information content (AvgIpc) is 2.71. The molecule has 188 valence electrons. The van der Waals surface area contributed by atoms with Crippen molar-refractivity contribution in [2.75, 3.05) is 19.8 Å². The monoisotopic (exact) mass is 464 g/mol. The van der Waals surface area contributed by atoms with Gasteiger partial charge < -0.3 is 14.2 Å². The number of unbranched alkanes of at least 4 members (excludes halogenated alkanes) is 3. The zero-order chi connectivity index (χ0) is 23.8. The van der Waals surface area contributed by atoms with Crippen molar-refractivity contribution in [2.45, 2.75) is 110 Å². The second-order valence-corrected chi connectivity index (χ2v) is 11.5. The largest absolute Gasteiger partial charge is 0.468 e. The molecule has 4 saturated carbocycles. The molecule has 4 aliphatic carbocycles. The van der Waals surface area contributed by atoms with Crippen LogP contribution in [0.1, 0.15) is 110 Å². The number of hydrogen-bond donors (Lipinski definition) is 0. The van der Waals surface area contributed by atoms with Gasteiger partial charge in [-0.2, -0.15) is 0 Å². The maximum atomic E-state index is 11.1. The lowest BCUT2D eigenvalue weighted by Gasteiger charge is -2.67. The molecule has 0 aromatic rings. The van der Waals surface area contributed by atoms with Crippen molar-refractivity contribution in [2.24, 2.45) is 22.2 Å². The Kier molecular flexibility index (Phi) is 9.23. The minimum atomic E-state index is -0.185. The molecule has 4 fully saturated rings. The summed E-state index contributed by atoms with van der Waals surface area (Å²) >= 11 is 0. The van der Waals surface area contributed by atoms with E-state index in [1.165, 1.54) is 71.6 Å². The first-order valence-corrected chi connectivity index (χ1v) is 13.1. The van der Waals surface area contributed by atoms with Crippen LogP contribution in [-0.4, -0.2) is 38.2 Å². The van der Waals surface area contributed by atoms with Gasteiger partial charge in [0.1, 0.15) is 0 Å². The lowest BCUT2D eigenvalue weighted by Crippen LogP contribution is -2.56. The van der Waals surface area contributed by atoms with Crippen molar-refractivity contribution < 1.29 is 28.6 Å². The molecular weight excluding hydrogens is 420 g/mol. The van der Waals surface area contributed by atoms with E-state index in [1.807, 2.05) is 0 Å². The molecule has 4 rings (SSSR count). The van der Waals surface area contributed by atoms with Gasteiger partial charge in [0.15, 0.2) is 0 Å². The van der Waals surface area contributed by atoms with Gasteiger partial charge in [0.2, 0.25) is 0 Å². The summed E-state index contributed by atoms with van der Waals surface area (Å²) in [7, 11) is 0. The lowest BCUT2D eigenvalue weighted by atomic mass is 9.37. The molecule has 0 saturated heterocycles. The van der Waals surface area contributed by atoms with Crippen LogP contribution in [0.3, 0.4) is 0 Å². The van der Waals surface area contributed by atoms with Crippen molar-refractivity contribution in [1.29, 1.82) is 0 Å². The van der Waals surface area contributed by atoms with Gasteiger partial charge in [-0.05, 0) is 118 Å². The highest BCUT2D eigenvalue weighted by Gasteiger charge is 2.61. The van der Waals surface area contributed by atoms with Gasteiger partial charge in [-0.25, -0.2) is 0 Å². The lowest BCUT2D eigenvalue weighted by molar-refractivity contribution is -0.169. The van der Waals surface area contributed by atoms with Gasteiger partial charge >= 0.3 is 11.9 Å². The summed E-state index contributed by atoms with van der Waals surface area (Å²) in [5.74, 6) is 0.458. The summed E-state index contributed by atoms with van der Waals surface area (Å²) in [6.07, 6.45) is 18.1. The first-order chi connectivity index (χ1) is 15.8. The second kappa shape index (κ2) is 11.7. The van der Waals surface area contributed by atoms with Gasteiger partial charge in [0, 0.05) is 13.8 Å². The zero-order valence-electron chi connectivity index (χ0n) is 20.8. The zero-order valence-corrected chi connectivity index (χ0v) is 20.8. The molecule has 0 spiro atoms. The molecule has 0 amide bonds. The predicted molar refractivity (Wildman–Crippen MR) is 125 cm³/mol. The van der Waals surface area contributed by atoms with E-state index in [9.17, 15) is 14.4 Å². The fraction of sp³-hybridized carbons (Fsp3) is 0.889. The molecule has 6 nitrogen and oxygen atoms in total. The first kappa shape index (κ1) is 26.0. The van der Waals surface area contributed by atoms with E-state index in [0.717, 1.165) is 44.4 Å². The molecule has 4 bridgehead atoms. The van der Waals surface area contributed by atoms with Gasteiger partial charge in [0.25, 0.3) is 6.47 Å².